The molecule has 0 saturated carbocycles. The Bertz CT molecular complexity index is 808. The molecule has 0 spiro atoms. The van der Waals surface area contributed by atoms with Gasteiger partial charge in [0.05, 0.1) is 16.1 Å². The highest BCUT2D eigenvalue weighted by Crippen LogP contribution is 2.24. The lowest BCUT2D eigenvalue weighted by Crippen LogP contribution is -2.15. The van der Waals surface area contributed by atoms with E-state index in [0.717, 1.165) is 0 Å². The van der Waals surface area contributed by atoms with Crippen LogP contribution in [0.1, 0.15) is 10.4 Å². The van der Waals surface area contributed by atoms with Crippen LogP contribution in [0.15, 0.2) is 51.8 Å². The zero-order chi connectivity index (χ0) is 15.6. The van der Waals surface area contributed by atoms with Crippen LogP contribution in [0.25, 0.3) is 0 Å². The molecule has 0 aliphatic rings. The fourth-order valence-corrected chi connectivity index (χ4v) is 3.47. The maximum absolute atomic E-state index is 12.3. The van der Waals surface area contributed by atoms with Crippen molar-refractivity contribution in [3.8, 4) is 0 Å². The van der Waals surface area contributed by atoms with Gasteiger partial charge in [-0.1, -0.05) is 33.6 Å². The second-order valence-corrected chi connectivity index (χ2v) is 7.09. The number of rotatable bonds is 4. The standard InChI is InChI=1S/C13H9BrClNO4S/c14-8-2-1-3-10(6-8)21(19,20)16-12-5-4-9(15)7-11(12)13(17)18/h1-7,16H,(H,17,18). The van der Waals surface area contributed by atoms with E-state index < -0.39 is 16.0 Å². The first-order chi connectivity index (χ1) is 9.79. The Balaban J connectivity index is 2.44. The molecular weight excluding hydrogens is 382 g/mol. The summed E-state index contributed by atoms with van der Waals surface area (Å²) in [5.41, 5.74) is -0.270. The quantitative estimate of drug-likeness (QED) is 0.835. The van der Waals surface area contributed by atoms with Crippen LogP contribution in [0, 0.1) is 0 Å². The Kier molecular flexibility index (Phi) is 4.55. The molecule has 2 aromatic carbocycles. The summed E-state index contributed by atoms with van der Waals surface area (Å²) >= 11 is 8.91. The van der Waals surface area contributed by atoms with Gasteiger partial charge in [0.25, 0.3) is 10.0 Å². The third-order valence-electron chi connectivity index (χ3n) is 2.56. The summed E-state index contributed by atoms with van der Waals surface area (Å²) in [5.74, 6) is -1.27. The molecule has 0 aliphatic heterocycles. The van der Waals surface area contributed by atoms with Gasteiger partial charge in [0, 0.05) is 9.50 Å². The minimum Gasteiger partial charge on any atom is -0.478 e. The highest BCUT2D eigenvalue weighted by atomic mass is 79.9. The largest absolute Gasteiger partial charge is 0.478 e. The predicted octanol–water partition coefficient (Wildman–Crippen LogP) is 3.60. The summed E-state index contributed by atoms with van der Waals surface area (Å²) in [7, 11) is -3.89. The summed E-state index contributed by atoms with van der Waals surface area (Å²) in [6, 6.07) is 9.97. The van der Waals surface area contributed by atoms with Crippen LogP contribution < -0.4 is 4.72 Å². The average Bonchev–Trinajstić information content (AvgIpc) is 2.40. The number of carbonyl (C=O) groups is 1. The number of sulfonamides is 1. The molecule has 0 radical (unpaired) electrons. The van der Waals surface area contributed by atoms with E-state index in [2.05, 4.69) is 20.7 Å². The number of carboxylic acids is 1. The number of aromatic carboxylic acids is 1. The maximum Gasteiger partial charge on any atom is 0.337 e. The van der Waals surface area contributed by atoms with Crippen LogP contribution in [0.3, 0.4) is 0 Å². The van der Waals surface area contributed by atoms with Crippen molar-refractivity contribution in [2.75, 3.05) is 4.72 Å². The molecule has 0 amide bonds. The molecule has 0 fully saturated rings. The number of benzene rings is 2. The Morgan fingerprint density at radius 1 is 1.19 bits per heavy atom. The second kappa shape index (κ2) is 6.05. The third kappa shape index (κ3) is 3.75. The van der Waals surface area contributed by atoms with E-state index in [4.69, 9.17) is 16.7 Å². The van der Waals surface area contributed by atoms with Crippen LogP contribution in [0.4, 0.5) is 5.69 Å². The van der Waals surface area contributed by atoms with Crippen molar-refractivity contribution in [1.29, 1.82) is 0 Å². The van der Waals surface area contributed by atoms with Crippen LogP contribution in [-0.2, 0) is 10.0 Å². The summed E-state index contributed by atoms with van der Waals surface area (Å²) in [6.45, 7) is 0. The van der Waals surface area contributed by atoms with Crippen molar-refractivity contribution < 1.29 is 18.3 Å². The molecule has 21 heavy (non-hydrogen) atoms. The van der Waals surface area contributed by atoms with Crippen molar-refractivity contribution in [3.05, 3.63) is 57.5 Å². The fourth-order valence-electron chi connectivity index (χ4n) is 1.62. The average molecular weight is 391 g/mol. The monoisotopic (exact) mass is 389 g/mol. The number of anilines is 1. The number of nitrogens with one attached hydrogen (secondary N) is 1. The van der Waals surface area contributed by atoms with Crippen molar-refractivity contribution in [2.45, 2.75) is 4.90 Å². The molecule has 0 aromatic heterocycles. The van der Waals surface area contributed by atoms with Crippen molar-refractivity contribution in [2.24, 2.45) is 0 Å². The zero-order valence-corrected chi connectivity index (χ0v) is 13.5. The van der Waals surface area contributed by atoms with E-state index in [9.17, 15) is 13.2 Å². The van der Waals surface area contributed by atoms with Crippen LogP contribution in [-0.4, -0.2) is 19.5 Å². The highest BCUT2D eigenvalue weighted by molar-refractivity contribution is 9.10. The van der Waals surface area contributed by atoms with Gasteiger partial charge in [0.2, 0.25) is 0 Å². The topological polar surface area (TPSA) is 83.5 Å². The lowest BCUT2D eigenvalue weighted by Gasteiger charge is -2.11. The van der Waals surface area contributed by atoms with Gasteiger partial charge in [-0.25, -0.2) is 13.2 Å². The van der Waals surface area contributed by atoms with E-state index in [1.54, 1.807) is 12.1 Å². The first-order valence-corrected chi connectivity index (χ1v) is 8.26. The van der Waals surface area contributed by atoms with Gasteiger partial charge in [-0.05, 0) is 36.4 Å². The molecule has 2 N–H and O–H groups in total. The van der Waals surface area contributed by atoms with Gasteiger partial charge in [0.1, 0.15) is 0 Å². The summed E-state index contributed by atoms with van der Waals surface area (Å²) in [4.78, 5) is 11.2. The lowest BCUT2D eigenvalue weighted by molar-refractivity contribution is 0.0698. The number of hydrogen-bond acceptors (Lipinski definition) is 3. The molecule has 110 valence electrons. The normalized spacial score (nSPS) is 11.1. The summed E-state index contributed by atoms with van der Waals surface area (Å²) in [5, 5.41) is 9.31. The van der Waals surface area contributed by atoms with E-state index in [1.807, 2.05) is 0 Å². The van der Waals surface area contributed by atoms with Gasteiger partial charge in [-0.3, -0.25) is 4.72 Å². The van der Waals surface area contributed by atoms with E-state index in [0.29, 0.717) is 4.47 Å². The minimum absolute atomic E-state index is 0.0168. The van der Waals surface area contributed by atoms with E-state index in [-0.39, 0.29) is 21.2 Å². The van der Waals surface area contributed by atoms with Gasteiger partial charge in [-0.2, -0.15) is 0 Å². The number of hydrogen-bond donors (Lipinski definition) is 2. The van der Waals surface area contributed by atoms with Gasteiger partial charge in [0.15, 0.2) is 0 Å². The molecule has 0 unspecified atom stereocenters. The smallest absolute Gasteiger partial charge is 0.337 e. The Hall–Kier alpha value is -1.57. The molecule has 0 heterocycles. The van der Waals surface area contributed by atoms with Crippen LogP contribution in [0.5, 0.6) is 0 Å². The Labute approximate surface area is 134 Å². The third-order valence-corrected chi connectivity index (χ3v) is 4.65. The van der Waals surface area contributed by atoms with E-state index in [1.165, 1.54) is 30.3 Å². The molecule has 0 saturated heterocycles. The molecule has 0 aliphatic carbocycles. The Morgan fingerprint density at radius 3 is 2.52 bits per heavy atom. The second-order valence-electron chi connectivity index (χ2n) is 4.06. The zero-order valence-electron chi connectivity index (χ0n) is 10.4. The minimum atomic E-state index is -3.89. The van der Waals surface area contributed by atoms with Crippen LogP contribution >= 0.6 is 27.5 Å². The fraction of sp³-hybridized carbons (Fsp3) is 0. The maximum atomic E-state index is 12.3. The van der Waals surface area contributed by atoms with Crippen molar-refractivity contribution in [3.63, 3.8) is 0 Å². The first-order valence-electron chi connectivity index (χ1n) is 5.61. The summed E-state index contributed by atoms with van der Waals surface area (Å²) in [6.07, 6.45) is 0. The highest BCUT2D eigenvalue weighted by Gasteiger charge is 2.19. The predicted molar refractivity (Wildman–Crippen MR) is 83.4 cm³/mol. The number of carboxylic acid groups (broad SMARTS) is 1. The molecule has 5 nitrogen and oxygen atoms in total. The van der Waals surface area contributed by atoms with Crippen molar-refractivity contribution in [1.82, 2.24) is 0 Å². The van der Waals surface area contributed by atoms with Crippen LogP contribution in [0.2, 0.25) is 5.02 Å². The number of halogens is 2. The molecule has 2 aromatic rings. The van der Waals surface area contributed by atoms with Gasteiger partial charge in [-0.15, -0.1) is 0 Å². The molecule has 0 bridgehead atoms. The summed E-state index contributed by atoms with van der Waals surface area (Å²) < 4.78 is 27.4. The van der Waals surface area contributed by atoms with E-state index >= 15 is 0 Å². The molecule has 8 heteroatoms. The molecule has 2 rings (SSSR count). The van der Waals surface area contributed by atoms with Gasteiger partial charge < -0.3 is 5.11 Å². The molecule has 0 atom stereocenters. The lowest BCUT2D eigenvalue weighted by atomic mass is 10.2. The molecular formula is C13H9BrClNO4S. The Morgan fingerprint density at radius 2 is 1.90 bits per heavy atom. The SMILES string of the molecule is O=C(O)c1cc(Cl)ccc1NS(=O)(=O)c1cccc(Br)c1. The first kappa shape index (κ1) is 15.8. The van der Waals surface area contributed by atoms with Gasteiger partial charge >= 0.3 is 5.97 Å². The van der Waals surface area contributed by atoms with Crippen molar-refractivity contribution >= 4 is 49.2 Å².